The third kappa shape index (κ3) is 11.7. The van der Waals surface area contributed by atoms with Crippen LogP contribution in [-0.2, 0) is 4.74 Å². The van der Waals surface area contributed by atoms with Gasteiger partial charge in [0.1, 0.15) is 11.3 Å². The Bertz CT molecular complexity index is 681. The maximum absolute atomic E-state index is 13.5. The Morgan fingerprint density at radius 2 is 0.921 bits per heavy atom. The molecule has 38 heavy (non-hydrogen) atoms. The first-order valence-electron chi connectivity index (χ1n) is 15.3. The zero-order chi connectivity index (χ0) is 29.8. The van der Waals surface area contributed by atoms with E-state index in [0.29, 0.717) is 38.5 Å². The minimum absolute atomic E-state index is 0.0488. The monoisotopic (exact) mass is 546 g/mol. The predicted octanol–water partition coefficient (Wildman–Crippen LogP) is 9.51. The van der Waals surface area contributed by atoms with Crippen LogP contribution in [0.3, 0.4) is 0 Å². The third-order valence-corrected chi connectivity index (χ3v) is 9.51. The molecule has 2 N–H and O–H groups in total. The van der Waals surface area contributed by atoms with E-state index in [1.54, 1.807) is 13.8 Å². The summed E-state index contributed by atoms with van der Waals surface area (Å²) < 4.78 is 32.7. The molecule has 3 nitrogen and oxygen atoms in total. The first-order chi connectivity index (χ1) is 16.8. The fourth-order valence-corrected chi connectivity index (χ4v) is 5.74. The smallest absolute Gasteiger partial charge is 0.108 e. The second kappa shape index (κ2) is 12.7. The highest BCUT2D eigenvalue weighted by atomic mass is 19.1. The number of alkyl halides is 2. The van der Waals surface area contributed by atoms with Crippen molar-refractivity contribution in [2.45, 2.75) is 194 Å². The van der Waals surface area contributed by atoms with E-state index in [1.807, 2.05) is 20.8 Å². The van der Waals surface area contributed by atoms with E-state index in [9.17, 15) is 19.0 Å². The summed E-state index contributed by atoms with van der Waals surface area (Å²) >= 11 is 0. The maximum Gasteiger partial charge on any atom is 0.108 e. The van der Waals surface area contributed by atoms with E-state index >= 15 is 0 Å². The average molecular weight is 547 g/mol. The summed E-state index contributed by atoms with van der Waals surface area (Å²) in [4.78, 5) is 0. The van der Waals surface area contributed by atoms with Gasteiger partial charge in [-0.25, -0.2) is 8.78 Å². The van der Waals surface area contributed by atoms with Gasteiger partial charge in [-0.05, 0) is 128 Å². The van der Waals surface area contributed by atoms with Crippen molar-refractivity contribution in [3.05, 3.63) is 0 Å². The third-order valence-electron chi connectivity index (χ3n) is 9.51. The molecule has 3 aliphatic carbocycles. The molecule has 0 bridgehead atoms. The summed E-state index contributed by atoms with van der Waals surface area (Å²) in [5.74, 6) is 0.813. The molecule has 0 spiro atoms. The SMILES string of the molecule is CC1(F)CCC(O)(C(C)(C)C)CC1.CC1(F)CCC(OC(C)(C)C)CC1.CC1CCC(O)(C(C)(C)C)CC1. The lowest BCUT2D eigenvalue weighted by atomic mass is 9.66. The molecule has 0 amide bonds. The molecule has 3 aliphatic rings. The van der Waals surface area contributed by atoms with E-state index in [1.165, 1.54) is 12.8 Å². The predicted molar refractivity (Wildman–Crippen MR) is 157 cm³/mol. The van der Waals surface area contributed by atoms with Gasteiger partial charge in [0.2, 0.25) is 0 Å². The van der Waals surface area contributed by atoms with Crippen molar-refractivity contribution < 1.29 is 23.7 Å². The first-order valence-corrected chi connectivity index (χ1v) is 15.3. The van der Waals surface area contributed by atoms with Crippen molar-refractivity contribution in [2.75, 3.05) is 0 Å². The molecule has 0 radical (unpaired) electrons. The Labute approximate surface area is 234 Å². The van der Waals surface area contributed by atoms with E-state index in [2.05, 4.69) is 48.5 Å². The number of rotatable bonds is 1. The van der Waals surface area contributed by atoms with Crippen LogP contribution < -0.4 is 0 Å². The van der Waals surface area contributed by atoms with Crippen molar-refractivity contribution in [1.29, 1.82) is 0 Å². The number of halogens is 2. The highest BCUT2D eigenvalue weighted by Crippen LogP contribution is 2.46. The van der Waals surface area contributed by atoms with Crippen molar-refractivity contribution in [3.8, 4) is 0 Å². The molecule has 3 fully saturated rings. The van der Waals surface area contributed by atoms with Crippen LogP contribution in [0, 0.1) is 16.7 Å². The van der Waals surface area contributed by atoms with Gasteiger partial charge in [-0.3, -0.25) is 0 Å². The zero-order valence-electron chi connectivity index (χ0n) is 27.2. The lowest BCUT2D eigenvalue weighted by Gasteiger charge is -2.46. The molecule has 5 heteroatoms. The molecule has 228 valence electrons. The van der Waals surface area contributed by atoms with E-state index in [4.69, 9.17) is 4.74 Å². The lowest BCUT2D eigenvalue weighted by molar-refractivity contribution is -0.109. The summed E-state index contributed by atoms with van der Waals surface area (Å²) in [6, 6.07) is 0. The molecule has 0 aromatic carbocycles. The molecule has 3 saturated carbocycles. The molecule has 0 aromatic heterocycles. The van der Waals surface area contributed by atoms with E-state index in [0.717, 1.165) is 31.6 Å². The normalized spacial score (nSPS) is 38.8. The van der Waals surface area contributed by atoms with Gasteiger partial charge in [0.05, 0.1) is 22.9 Å². The first kappa shape index (κ1) is 35.8. The second-order valence-electron chi connectivity index (χ2n) is 16.5. The Balaban J connectivity index is 0.000000285. The van der Waals surface area contributed by atoms with Crippen LogP contribution in [-0.4, -0.2) is 44.5 Å². The Hall–Kier alpha value is -0.260. The van der Waals surface area contributed by atoms with Crippen molar-refractivity contribution >= 4 is 0 Å². The van der Waals surface area contributed by atoms with Crippen LogP contribution >= 0.6 is 0 Å². The average Bonchev–Trinajstić information content (AvgIpc) is 2.73. The summed E-state index contributed by atoms with van der Waals surface area (Å²) in [7, 11) is 0. The molecule has 0 saturated heterocycles. The van der Waals surface area contributed by atoms with Gasteiger partial charge in [0.15, 0.2) is 0 Å². The highest BCUT2D eigenvalue weighted by Gasteiger charge is 2.46. The largest absolute Gasteiger partial charge is 0.389 e. The molecule has 0 atom stereocenters. The summed E-state index contributed by atoms with van der Waals surface area (Å²) in [5, 5.41) is 20.6. The van der Waals surface area contributed by atoms with Crippen LogP contribution in [0.4, 0.5) is 8.78 Å². The van der Waals surface area contributed by atoms with Crippen LogP contribution in [0.25, 0.3) is 0 Å². The van der Waals surface area contributed by atoms with Crippen LogP contribution in [0.5, 0.6) is 0 Å². The Kier molecular flexibility index (Phi) is 12.0. The number of aliphatic hydroxyl groups is 2. The summed E-state index contributed by atoms with van der Waals surface area (Å²) in [5.41, 5.74) is -3.25. The van der Waals surface area contributed by atoms with Crippen LogP contribution in [0.15, 0.2) is 0 Å². The standard InChI is InChI=1S/2C11H21FO.C11H22O/c1-10(2,3)13-9-5-7-11(4,12)8-6-9;1-9(2,3)11(13)7-5-10(4,12)6-8-11;1-9-5-7-11(12,8-6-9)10(2,3)4/h9H,5-8H2,1-4H3;13H,5-8H2,1-4H3;9,12H,5-8H2,1-4H3. The van der Waals surface area contributed by atoms with Crippen molar-refractivity contribution in [2.24, 2.45) is 16.7 Å². The summed E-state index contributed by atoms with van der Waals surface area (Å²) in [6.45, 7) is 24.3. The van der Waals surface area contributed by atoms with Crippen LogP contribution in [0.2, 0.25) is 0 Å². The highest BCUT2D eigenvalue weighted by molar-refractivity contribution is 4.98. The minimum Gasteiger partial charge on any atom is -0.389 e. The Morgan fingerprint density at radius 1 is 0.579 bits per heavy atom. The zero-order valence-corrected chi connectivity index (χ0v) is 27.2. The van der Waals surface area contributed by atoms with E-state index in [-0.39, 0.29) is 22.5 Å². The van der Waals surface area contributed by atoms with Gasteiger partial charge in [-0.1, -0.05) is 48.5 Å². The number of ether oxygens (including phenoxy) is 1. The molecule has 0 unspecified atom stereocenters. The van der Waals surface area contributed by atoms with Gasteiger partial charge in [0, 0.05) is 0 Å². The Morgan fingerprint density at radius 3 is 1.26 bits per heavy atom. The fraction of sp³-hybridized carbons (Fsp3) is 1.00. The van der Waals surface area contributed by atoms with Gasteiger partial charge in [-0.15, -0.1) is 0 Å². The van der Waals surface area contributed by atoms with Gasteiger partial charge >= 0.3 is 0 Å². The topological polar surface area (TPSA) is 49.7 Å². The minimum atomic E-state index is -1.06. The molecule has 0 heterocycles. The van der Waals surface area contributed by atoms with Crippen molar-refractivity contribution in [3.63, 3.8) is 0 Å². The lowest BCUT2D eigenvalue weighted by Crippen LogP contribution is -2.48. The number of hydrogen-bond acceptors (Lipinski definition) is 3. The number of hydrogen-bond donors (Lipinski definition) is 2. The van der Waals surface area contributed by atoms with Crippen molar-refractivity contribution in [1.82, 2.24) is 0 Å². The molecule has 3 rings (SSSR count). The quantitative estimate of drug-likeness (QED) is 0.344. The molecule has 0 aliphatic heterocycles. The molecular formula is C33H64F2O3. The second-order valence-corrected chi connectivity index (χ2v) is 16.5. The van der Waals surface area contributed by atoms with E-state index < -0.39 is 22.5 Å². The van der Waals surface area contributed by atoms with Crippen LogP contribution in [0.1, 0.15) is 160 Å². The van der Waals surface area contributed by atoms with Gasteiger partial charge in [-0.2, -0.15) is 0 Å². The van der Waals surface area contributed by atoms with Gasteiger partial charge < -0.3 is 14.9 Å². The fourth-order valence-electron chi connectivity index (χ4n) is 5.74. The maximum atomic E-state index is 13.5. The van der Waals surface area contributed by atoms with Gasteiger partial charge in [0.25, 0.3) is 0 Å². The molecular weight excluding hydrogens is 482 g/mol. The molecule has 0 aromatic rings. The summed E-state index contributed by atoms with van der Waals surface area (Å²) in [6.07, 6.45) is 9.78.